The molecule has 7 nitrogen and oxygen atoms in total. The van der Waals surface area contributed by atoms with Crippen molar-refractivity contribution >= 4 is 38.9 Å². The molecule has 1 saturated heterocycles. The van der Waals surface area contributed by atoms with Crippen molar-refractivity contribution in [2.24, 2.45) is 0 Å². The highest BCUT2D eigenvalue weighted by Crippen LogP contribution is 2.25. The van der Waals surface area contributed by atoms with Crippen LogP contribution in [0.1, 0.15) is 0 Å². The maximum Gasteiger partial charge on any atom is 0.279 e. The van der Waals surface area contributed by atoms with Crippen LogP contribution in [0.25, 0.3) is 0 Å². The van der Waals surface area contributed by atoms with E-state index in [0.717, 1.165) is 38.3 Å². The zero-order chi connectivity index (χ0) is 19.4. The Hall–Kier alpha value is -2.16. The molecule has 0 aliphatic carbocycles. The Bertz CT molecular complexity index is 913. The molecule has 1 aliphatic heterocycles. The molecule has 3 rings (SSSR count). The number of aromatic nitrogens is 1. The van der Waals surface area contributed by atoms with Crippen molar-refractivity contribution in [3.05, 3.63) is 47.6 Å². The molecule has 0 unspecified atom stereocenters. The number of hydrogen-bond acceptors (Lipinski definition) is 4. The van der Waals surface area contributed by atoms with E-state index in [0.29, 0.717) is 17.3 Å². The fraction of sp³-hybridized carbons (Fsp3) is 0.333. The van der Waals surface area contributed by atoms with Crippen LogP contribution in [0.5, 0.6) is 0 Å². The number of hydrogen-bond donors (Lipinski definition) is 2. The fourth-order valence-corrected chi connectivity index (χ4v) is 3.89. The van der Waals surface area contributed by atoms with Gasteiger partial charge in [0, 0.05) is 12.3 Å². The van der Waals surface area contributed by atoms with Crippen molar-refractivity contribution in [1.82, 2.24) is 0 Å². The molecule has 0 bridgehead atoms. The summed E-state index contributed by atoms with van der Waals surface area (Å²) in [5.74, 6) is 0.891. The maximum atomic E-state index is 12.4. The van der Waals surface area contributed by atoms with Crippen LogP contribution < -0.4 is 20.1 Å². The predicted octanol–water partition coefficient (Wildman–Crippen LogP) is -0.0988. The molecule has 0 saturated carbocycles. The normalized spacial score (nSPS) is 15.6. The number of piperazine rings is 1. The van der Waals surface area contributed by atoms with Gasteiger partial charge in [-0.3, -0.25) is 9.69 Å². The smallest absolute Gasteiger partial charge is 0.279 e. The van der Waals surface area contributed by atoms with E-state index in [9.17, 15) is 13.2 Å². The number of anilines is 2. The molecule has 2 aromatic rings. The number of amides is 1. The monoisotopic (exact) mass is 410 g/mol. The summed E-state index contributed by atoms with van der Waals surface area (Å²) >= 11 is 6.09. The first-order valence-electron chi connectivity index (χ1n) is 8.67. The predicted molar refractivity (Wildman–Crippen MR) is 104 cm³/mol. The average Bonchev–Trinajstić information content (AvgIpc) is 2.64. The summed E-state index contributed by atoms with van der Waals surface area (Å²) in [6, 6.07) is 10.3. The van der Waals surface area contributed by atoms with Crippen LogP contribution in [0.4, 0.5) is 11.5 Å². The van der Waals surface area contributed by atoms with E-state index in [1.807, 2.05) is 24.4 Å². The van der Waals surface area contributed by atoms with Crippen LogP contribution in [0.2, 0.25) is 5.02 Å². The van der Waals surface area contributed by atoms with Crippen LogP contribution in [0.3, 0.4) is 0 Å². The van der Waals surface area contributed by atoms with Gasteiger partial charge < -0.3 is 10.2 Å². The highest BCUT2D eigenvalue weighted by molar-refractivity contribution is 7.90. The highest BCUT2D eigenvalue weighted by Gasteiger charge is 2.27. The lowest BCUT2D eigenvalue weighted by atomic mass is 10.3. The molecule has 3 N–H and O–H groups in total. The number of sulfone groups is 1. The third-order valence-electron chi connectivity index (χ3n) is 4.55. The number of quaternary nitrogens is 1. The topological polar surface area (TPSA) is 85.1 Å². The van der Waals surface area contributed by atoms with Crippen molar-refractivity contribution in [1.29, 1.82) is 0 Å². The van der Waals surface area contributed by atoms with Gasteiger partial charge >= 0.3 is 0 Å². The Morgan fingerprint density at radius 3 is 2.63 bits per heavy atom. The molecule has 0 radical (unpaired) electrons. The van der Waals surface area contributed by atoms with Crippen molar-refractivity contribution in [2.45, 2.75) is 4.90 Å². The number of pyridine rings is 1. The molecular formula is C18H23ClN4O3S+2. The Morgan fingerprint density at radius 1 is 1.26 bits per heavy atom. The first-order valence-corrected chi connectivity index (χ1v) is 10.9. The zero-order valence-corrected chi connectivity index (χ0v) is 16.6. The van der Waals surface area contributed by atoms with Crippen LogP contribution in [-0.4, -0.2) is 53.3 Å². The summed E-state index contributed by atoms with van der Waals surface area (Å²) in [5.41, 5.74) is 0.321. The third kappa shape index (κ3) is 5.18. The SMILES string of the molecule is CS(=O)(=O)c1ccc(Cl)c(NC(=O)C[NH+]2CCN(c3cccc[nH+]3)CC2)c1. The quantitative estimate of drug-likeness (QED) is 0.721. The van der Waals surface area contributed by atoms with Gasteiger partial charge in [0.05, 0.1) is 21.8 Å². The van der Waals surface area contributed by atoms with Crippen molar-refractivity contribution in [2.75, 3.05) is 49.2 Å². The lowest BCUT2D eigenvalue weighted by molar-refractivity contribution is -0.892. The second-order valence-corrected chi connectivity index (χ2v) is 9.05. The second kappa shape index (κ2) is 8.24. The molecule has 1 aromatic carbocycles. The minimum atomic E-state index is -3.36. The number of halogens is 1. The number of rotatable bonds is 5. The second-order valence-electron chi connectivity index (χ2n) is 6.62. The molecule has 9 heteroatoms. The molecule has 0 atom stereocenters. The van der Waals surface area contributed by atoms with E-state index in [1.165, 1.54) is 23.1 Å². The van der Waals surface area contributed by atoms with E-state index in [4.69, 9.17) is 11.6 Å². The first-order chi connectivity index (χ1) is 12.8. The van der Waals surface area contributed by atoms with Crippen molar-refractivity contribution < 1.29 is 23.1 Å². The molecule has 0 spiro atoms. The van der Waals surface area contributed by atoms with Gasteiger partial charge in [-0.15, -0.1) is 0 Å². The van der Waals surface area contributed by atoms with Gasteiger partial charge in [0.25, 0.3) is 11.7 Å². The summed E-state index contributed by atoms with van der Waals surface area (Å²) in [7, 11) is -3.36. The molecule has 2 heterocycles. The minimum Gasteiger partial charge on any atom is -0.321 e. The fourth-order valence-electron chi connectivity index (χ4n) is 3.07. The summed E-state index contributed by atoms with van der Waals surface area (Å²) in [5, 5.41) is 3.05. The zero-order valence-electron chi connectivity index (χ0n) is 15.0. The molecule has 1 amide bonds. The Balaban J connectivity index is 1.56. The van der Waals surface area contributed by atoms with Gasteiger partial charge in [-0.2, -0.15) is 0 Å². The van der Waals surface area contributed by atoms with Crippen molar-refractivity contribution in [3.63, 3.8) is 0 Å². The number of nitrogens with zero attached hydrogens (tertiary/aromatic N) is 1. The van der Waals surface area contributed by atoms with Crippen molar-refractivity contribution in [3.8, 4) is 0 Å². The summed E-state index contributed by atoms with van der Waals surface area (Å²) in [4.78, 5) is 19.2. The molecular weight excluding hydrogens is 388 g/mol. The largest absolute Gasteiger partial charge is 0.321 e. The van der Waals surface area contributed by atoms with E-state index in [1.54, 1.807) is 0 Å². The Morgan fingerprint density at radius 2 is 2.00 bits per heavy atom. The summed E-state index contributed by atoms with van der Waals surface area (Å²) in [6.07, 6.45) is 3.02. The number of H-pyrrole nitrogens is 1. The van der Waals surface area contributed by atoms with Gasteiger partial charge in [0.2, 0.25) is 0 Å². The lowest BCUT2D eigenvalue weighted by Crippen LogP contribution is -3.15. The highest BCUT2D eigenvalue weighted by atomic mass is 35.5. The van der Waals surface area contributed by atoms with E-state index >= 15 is 0 Å². The molecule has 1 aromatic heterocycles. The molecule has 27 heavy (non-hydrogen) atoms. The first kappa shape index (κ1) is 19.6. The summed E-state index contributed by atoms with van der Waals surface area (Å²) in [6.45, 7) is 3.70. The van der Waals surface area contributed by atoms with Crippen LogP contribution in [-0.2, 0) is 14.6 Å². The van der Waals surface area contributed by atoms with Gasteiger partial charge in [0.15, 0.2) is 16.4 Å². The van der Waals surface area contributed by atoms with Gasteiger partial charge in [-0.1, -0.05) is 17.7 Å². The number of carbonyl (C=O) groups is 1. The van der Waals surface area contributed by atoms with E-state index in [-0.39, 0.29) is 10.8 Å². The van der Waals surface area contributed by atoms with Crippen LogP contribution in [0.15, 0.2) is 47.5 Å². The van der Waals surface area contributed by atoms with E-state index in [2.05, 4.69) is 15.2 Å². The van der Waals surface area contributed by atoms with E-state index < -0.39 is 9.84 Å². The Kier molecular flexibility index (Phi) is 5.98. The van der Waals surface area contributed by atoms with Gasteiger partial charge in [-0.05, 0) is 24.3 Å². The molecule has 1 aliphatic rings. The lowest BCUT2D eigenvalue weighted by Gasteiger charge is -2.27. The molecule has 144 valence electrons. The number of aromatic amines is 1. The average molecular weight is 411 g/mol. The summed E-state index contributed by atoms with van der Waals surface area (Å²) < 4.78 is 23.4. The van der Waals surface area contributed by atoms with Gasteiger partial charge in [0.1, 0.15) is 26.2 Å². The number of nitrogens with one attached hydrogen (secondary N) is 3. The van der Waals surface area contributed by atoms with Crippen LogP contribution in [0, 0.1) is 0 Å². The third-order valence-corrected chi connectivity index (χ3v) is 5.99. The number of benzene rings is 1. The number of carbonyl (C=O) groups excluding carboxylic acids is 1. The standard InChI is InChI=1S/C18H21ClN4O3S/c1-27(25,26)14-5-6-15(19)16(12-14)21-18(24)13-22-8-10-23(11-9-22)17-4-2-3-7-20-17/h2-7,12H,8-11,13H2,1H3,(H,21,24)/p+2. The van der Waals surface area contributed by atoms with Gasteiger partial charge in [-0.25, -0.2) is 13.4 Å². The minimum absolute atomic E-state index is 0.127. The maximum absolute atomic E-state index is 12.4. The van der Waals surface area contributed by atoms with Crippen LogP contribution >= 0.6 is 11.6 Å². The Labute approximate surface area is 163 Å². The molecule has 1 fully saturated rings.